The lowest BCUT2D eigenvalue weighted by atomic mass is 9.92. The minimum absolute atomic E-state index is 0.172. The molecule has 0 bridgehead atoms. The highest BCUT2D eigenvalue weighted by Gasteiger charge is 2.33. The van der Waals surface area contributed by atoms with Crippen molar-refractivity contribution in [2.75, 3.05) is 38.2 Å². The van der Waals surface area contributed by atoms with Crippen LogP contribution in [-0.2, 0) is 6.18 Å². The van der Waals surface area contributed by atoms with Gasteiger partial charge >= 0.3 is 6.18 Å². The molecule has 3 N–H and O–H groups in total. The molecule has 3 rings (SSSR count). The largest absolute Gasteiger partial charge is 0.433 e. The minimum Gasteiger partial charge on any atom is -0.375 e. The number of alkyl halides is 3. The number of pyridine rings is 1. The third-order valence-electron chi connectivity index (χ3n) is 4.28. The normalized spacial score (nSPS) is 12.7. The molecule has 0 atom stereocenters. The fourth-order valence-electron chi connectivity index (χ4n) is 3.24. The van der Waals surface area contributed by atoms with E-state index in [1.807, 2.05) is 38.9 Å². The monoisotopic (exact) mass is 422 g/mol. The number of aromatic nitrogens is 2. The van der Waals surface area contributed by atoms with Gasteiger partial charge in [0.25, 0.3) is 0 Å². The van der Waals surface area contributed by atoms with Gasteiger partial charge in [0.15, 0.2) is 5.13 Å². The van der Waals surface area contributed by atoms with Crippen LogP contribution in [0.1, 0.15) is 19.5 Å². The number of fused-ring (bicyclic) bond motifs is 1. The first-order valence-corrected chi connectivity index (χ1v) is 9.82. The summed E-state index contributed by atoms with van der Waals surface area (Å²) in [5.41, 5.74) is 6.37. The Morgan fingerprint density at radius 2 is 1.86 bits per heavy atom. The quantitative estimate of drug-likeness (QED) is 0.600. The van der Waals surface area contributed by atoms with Crippen LogP contribution in [-0.4, -0.2) is 42.1 Å². The van der Waals surface area contributed by atoms with E-state index >= 15 is 0 Å². The lowest BCUT2D eigenvalue weighted by Crippen LogP contribution is -2.34. The van der Waals surface area contributed by atoms with Crippen LogP contribution in [0.5, 0.6) is 0 Å². The minimum atomic E-state index is -4.52. The van der Waals surface area contributed by atoms with Crippen molar-refractivity contribution in [1.82, 2.24) is 14.9 Å². The molecule has 0 aliphatic rings. The molecule has 1 aromatic carbocycles. The van der Waals surface area contributed by atoms with Crippen LogP contribution < -0.4 is 11.1 Å². The van der Waals surface area contributed by atoms with Crippen LogP contribution in [0.25, 0.3) is 21.3 Å². The number of nitrogens with one attached hydrogen (secondary N) is 1. The van der Waals surface area contributed by atoms with E-state index in [1.54, 1.807) is 6.07 Å². The van der Waals surface area contributed by atoms with Gasteiger partial charge in [-0.15, -0.1) is 0 Å². The SMILES string of the molecule is CN(C)CC(C)(C)CNc1nc(C(F)(F)F)ccc1-c1[c]c2nc(N)sc2cc1. The predicted octanol–water partition coefficient (Wildman–Crippen LogP) is 4.76. The summed E-state index contributed by atoms with van der Waals surface area (Å²) < 4.78 is 40.6. The van der Waals surface area contributed by atoms with E-state index < -0.39 is 11.9 Å². The molecule has 3 aromatic rings. The zero-order valence-corrected chi connectivity index (χ0v) is 17.5. The van der Waals surface area contributed by atoms with Gasteiger partial charge in [-0.1, -0.05) is 31.3 Å². The molecule has 0 saturated heterocycles. The van der Waals surface area contributed by atoms with Crippen molar-refractivity contribution in [2.45, 2.75) is 20.0 Å². The first-order chi connectivity index (χ1) is 13.4. The number of halogens is 3. The summed E-state index contributed by atoms with van der Waals surface area (Å²) in [4.78, 5) is 10.1. The van der Waals surface area contributed by atoms with Crippen molar-refractivity contribution in [3.8, 4) is 11.1 Å². The molecule has 0 aliphatic carbocycles. The molecule has 29 heavy (non-hydrogen) atoms. The standard InChI is InChI=1S/C20H23F3N5S/c1-19(2,11-28(3)4)10-25-17-13(6-8-16(27-17)20(21,22)23)12-5-7-15-14(9-12)26-18(24)29-15/h5-8H,10-11H2,1-4H3,(H2,24,26)(H,25,27). The molecular weight excluding hydrogens is 399 g/mol. The maximum atomic E-state index is 13.2. The molecule has 0 fully saturated rings. The average molecular weight is 423 g/mol. The molecule has 0 amide bonds. The van der Waals surface area contributed by atoms with Gasteiger partial charge in [-0.3, -0.25) is 0 Å². The van der Waals surface area contributed by atoms with Crippen LogP contribution >= 0.6 is 11.3 Å². The van der Waals surface area contributed by atoms with Crippen molar-refractivity contribution < 1.29 is 13.2 Å². The molecule has 5 nitrogen and oxygen atoms in total. The van der Waals surface area contributed by atoms with Gasteiger partial charge in [-0.05, 0) is 43.3 Å². The van der Waals surface area contributed by atoms with E-state index in [0.717, 1.165) is 17.3 Å². The molecule has 2 heterocycles. The van der Waals surface area contributed by atoms with Crippen LogP contribution in [0.3, 0.4) is 0 Å². The molecule has 0 saturated carbocycles. The number of hydrogen-bond donors (Lipinski definition) is 2. The predicted molar refractivity (Wildman–Crippen MR) is 112 cm³/mol. The molecule has 0 aliphatic heterocycles. The van der Waals surface area contributed by atoms with Crippen LogP contribution in [0.4, 0.5) is 24.1 Å². The number of thiazole rings is 1. The highest BCUT2D eigenvalue weighted by atomic mass is 32.1. The first-order valence-electron chi connectivity index (χ1n) is 9.00. The summed E-state index contributed by atoms with van der Waals surface area (Å²) in [6.07, 6.45) is -4.52. The summed E-state index contributed by atoms with van der Waals surface area (Å²) in [7, 11) is 3.92. The number of nitrogens with two attached hydrogens (primary N) is 1. The van der Waals surface area contributed by atoms with Crippen molar-refractivity contribution in [3.05, 3.63) is 36.0 Å². The molecule has 9 heteroatoms. The van der Waals surface area contributed by atoms with Gasteiger partial charge in [0.05, 0.1) is 10.2 Å². The van der Waals surface area contributed by atoms with E-state index in [1.165, 1.54) is 17.4 Å². The maximum absolute atomic E-state index is 13.2. The maximum Gasteiger partial charge on any atom is 0.433 e. The summed E-state index contributed by atoms with van der Waals surface area (Å²) in [5.74, 6) is 0.172. The van der Waals surface area contributed by atoms with E-state index in [-0.39, 0.29) is 11.2 Å². The van der Waals surface area contributed by atoms with Gasteiger partial charge < -0.3 is 16.0 Å². The zero-order chi connectivity index (χ0) is 21.4. The molecule has 1 radical (unpaired) electrons. The number of nitrogen functional groups attached to an aromatic ring is 1. The number of anilines is 2. The van der Waals surface area contributed by atoms with Gasteiger partial charge in [-0.25, -0.2) is 9.97 Å². The lowest BCUT2D eigenvalue weighted by Gasteiger charge is -2.29. The van der Waals surface area contributed by atoms with Gasteiger partial charge in [-0.2, -0.15) is 13.2 Å². The summed E-state index contributed by atoms with van der Waals surface area (Å²) in [5, 5.41) is 3.54. The second-order valence-corrected chi connectivity index (χ2v) is 9.05. The number of hydrogen-bond acceptors (Lipinski definition) is 6. The zero-order valence-electron chi connectivity index (χ0n) is 16.7. The second kappa shape index (κ2) is 7.79. The van der Waals surface area contributed by atoms with E-state index in [2.05, 4.69) is 21.4 Å². The van der Waals surface area contributed by atoms with Crippen LogP contribution in [0.2, 0.25) is 0 Å². The second-order valence-electron chi connectivity index (χ2n) is 7.98. The summed E-state index contributed by atoms with van der Waals surface area (Å²) >= 11 is 1.34. The van der Waals surface area contributed by atoms with Crippen molar-refractivity contribution in [3.63, 3.8) is 0 Å². The molecular formula is C20H23F3N5S. The van der Waals surface area contributed by atoms with Gasteiger partial charge in [0.2, 0.25) is 0 Å². The Bertz CT molecular complexity index is 1010. The number of rotatable bonds is 6. The van der Waals surface area contributed by atoms with E-state index in [0.29, 0.717) is 28.3 Å². The summed E-state index contributed by atoms with van der Waals surface area (Å²) in [6, 6.07) is 9.18. The van der Waals surface area contributed by atoms with E-state index in [9.17, 15) is 13.2 Å². The van der Waals surface area contributed by atoms with Crippen molar-refractivity contribution >= 4 is 32.5 Å². The molecule has 155 valence electrons. The molecule has 0 spiro atoms. The Balaban J connectivity index is 2.00. The third kappa shape index (κ3) is 5.16. The number of benzene rings is 1. The molecule has 2 aromatic heterocycles. The Hall–Kier alpha value is -2.39. The third-order valence-corrected chi connectivity index (χ3v) is 5.13. The van der Waals surface area contributed by atoms with Gasteiger partial charge in [0, 0.05) is 24.7 Å². The Morgan fingerprint density at radius 1 is 1.14 bits per heavy atom. The van der Waals surface area contributed by atoms with E-state index in [4.69, 9.17) is 5.73 Å². The van der Waals surface area contributed by atoms with Crippen molar-refractivity contribution in [1.29, 1.82) is 0 Å². The van der Waals surface area contributed by atoms with Crippen molar-refractivity contribution in [2.24, 2.45) is 5.41 Å². The van der Waals surface area contributed by atoms with Crippen LogP contribution in [0.15, 0.2) is 24.3 Å². The van der Waals surface area contributed by atoms with Crippen LogP contribution in [0, 0.1) is 11.5 Å². The van der Waals surface area contributed by atoms with Gasteiger partial charge in [0.1, 0.15) is 11.5 Å². The molecule has 0 unspecified atom stereocenters. The topological polar surface area (TPSA) is 67.1 Å². The highest BCUT2D eigenvalue weighted by Crippen LogP contribution is 2.35. The number of nitrogens with zero attached hydrogens (tertiary/aromatic N) is 3. The Morgan fingerprint density at radius 3 is 2.52 bits per heavy atom. The smallest absolute Gasteiger partial charge is 0.375 e. The average Bonchev–Trinajstić information content (AvgIpc) is 2.97. The first kappa shape index (κ1) is 21.3. The Kier molecular flexibility index (Phi) is 5.73. The highest BCUT2D eigenvalue weighted by molar-refractivity contribution is 7.22. The summed E-state index contributed by atoms with van der Waals surface area (Å²) in [6.45, 7) is 5.32. The fraction of sp³-hybridized carbons (Fsp3) is 0.400. The lowest BCUT2D eigenvalue weighted by molar-refractivity contribution is -0.141. The fourth-order valence-corrected chi connectivity index (χ4v) is 3.93. The Labute approximate surface area is 171 Å².